The zero-order valence-corrected chi connectivity index (χ0v) is 12.9. The molecule has 0 amide bonds. The van der Waals surface area contributed by atoms with Gasteiger partial charge in [-0.25, -0.2) is 4.39 Å². The van der Waals surface area contributed by atoms with E-state index in [2.05, 4.69) is 29.8 Å². The summed E-state index contributed by atoms with van der Waals surface area (Å²) in [4.78, 5) is 0. The summed E-state index contributed by atoms with van der Waals surface area (Å²) in [6, 6.07) is 10.4. The van der Waals surface area contributed by atoms with Gasteiger partial charge in [0, 0.05) is 4.47 Å². The van der Waals surface area contributed by atoms with Crippen molar-refractivity contribution < 1.29 is 13.5 Å². The van der Waals surface area contributed by atoms with Crippen molar-refractivity contribution in [3.8, 4) is 5.75 Å². The molecular weight excluding hydrogens is 326 g/mol. The van der Waals surface area contributed by atoms with E-state index in [1.165, 1.54) is 11.6 Å². The molecule has 0 fully saturated rings. The van der Waals surface area contributed by atoms with Gasteiger partial charge in [0.25, 0.3) is 0 Å². The fraction of sp³-hybridized carbons (Fsp3) is 0.250. The van der Waals surface area contributed by atoms with Gasteiger partial charge in [0.1, 0.15) is 6.61 Å². The molecule has 0 saturated heterocycles. The van der Waals surface area contributed by atoms with Crippen LogP contribution in [0, 0.1) is 11.6 Å². The van der Waals surface area contributed by atoms with Crippen molar-refractivity contribution in [3.05, 3.63) is 63.6 Å². The molecule has 2 aromatic carbocycles. The van der Waals surface area contributed by atoms with Crippen molar-refractivity contribution in [2.45, 2.75) is 26.4 Å². The second kappa shape index (κ2) is 6.35. The summed E-state index contributed by atoms with van der Waals surface area (Å²) < 4.78 is 32.5. The van der Waals surface area contributed by atoms with Crippen molar-refractivity contribution in [2.75, 3.05) is 0 Å². The minimum atomic E-state index is -0.966. The van der Waals surface area contributed by atoms with Crippen LogP contribution in [-0.2, 0) is 6.61 Å². The molecule has 20 heavy (non-hydrogen) atoms. The lowest BCUT2D eigenvalue weighted by Gasteiger charge is -2.10. The van der Waals surface area contributed by atoms with Gasteiger partial charge in [-0.15, -0.1) is 0 Å². The van der Waals surface area contributed by atoms with Gasteiger partial charge in [0.15, 0.2) is 11.6 Å². The summed E-state index contributed by atoms with van der Waals surface area (Å²) in [5.41, 5.74) is 2.14. The van der Waals surface area contributed by atoms with Crippen LogP contribution >= 0.6 is 15.9 Å². The van der Waals surface area contributed by atoms with E-state index < -0.39 is 11.6 Å². The summed E-state index contributed by atoms with van der Waals surface area (Å²) in [5, 5.41) is 0. The van der Waals surface area contributed by atoms with E-state index in [9.17, 15) is 8.78 Å². The predicted octanol–water partition coefficient (Wildman–Crippen LogP) is 5.43. The van der Waals surface area contributed by atoms with E-state index >= 15 is 0 Å². The van der Waals surface area contributed by atoms with Gasteiger partial charge in [-0.2, -0.15) is 4.39 Å². The monoisotopic (exact) mass is 340 g/mol. The first-order valence-electron chi connectivity index (χ1n) is 6.33. The molecule has 106 valence electrons. The van der Waals surface area contributed by atoms with Crippen LogP contribution in [0.3, 0.4) is 0 Å². The number of hydrogen-bond donors (Lipinski definition) is 0. The van der Waals surface area contributed by atoms with Gasteiger partial charge >= 0.3 is 0 Å². The lowest BCUT2D eigenvalue weighted by molar-refractivity contribution is 0.284. The molecule has 0 bridgehead atoms. The van der Waals surface area contributed by atoms with E-state index in [0.717, 1.165) is 11.6 Å². The fourth-order valence-electron chi connectivity index (χ4n) is 1.80. The molecule has 0 aliphatic heterocycles. The van der Waals surface area contributed by atoms with Crippen LogP contribution < -0.4 is 4.74 Å². The molecule has 4 heteroatoms. The molecule has 0 heterocycles. The van der Waals surface area contributed by atoms with Gasteiger partial charge in [0.2, 0.25) is 5.82 Å². The molecule has 0 aliphatic carbocycles. The smallest absolute Gasteiger partial charge is 0.200 e. The zero-order valence-electron chi connectivity index (χ0n) is 11.3. The topological polar surface area (TPSA) is 9.23 Å². The summed E-state index contributed by atoms with van der Waals surface area (Å²) in [5.74, 6) is -1.53. The van der Waals surface area contributed by atoms with E-state index in [4.69, 9.17) is 4.74 Å². The lowest BCUT2D eigenvalue weighted by Crippen LogP contribution is -1.99. The van der Waals surface area contributed by atoms with Gasteiger partial charge in [-0.1, -0.05) is 54.0 Å². The Kier molecular flexibility index (Phi) is 4.76. The Morgan fingerprint density at radius 1 is 1.10 bits per heavy atom. The van der Waals surface area contributed by atoms with Gasteiger partial charge in [-0.05, 0) is 29.2 Å². The van der Waals surface area contributed by atoms with Crippen LogP contribution in [0.2, 0.25) is 0 Å². The highest BCUT2D eigenvalue weighted by molar-refractivity contribution is 9.10. The molecule has 0 unspecified atom stereocenters. The largest absolute Gasteiger partial charge is 0.486 e. The van der Waals surface area contributed by atoms with E-state index in [0.29, 0.717) is 10.4 Å². The Hall–Kier alpha value is -1.42. The van der Waals surface area contributed by atoms with Crippen LogP contribution in [0.25, 0.3) is 0 Å². The van der Waals surface area contributed by atoms with Crippen molar-refractivity contribution in [3.63, 3.8) is 0 Å². The Morgan fingerprint density at radius 3 is 2.35 bits per heavy atom. The van der Waals surface area contributed by atoms with Crippen LogP contribution in [0.5, 0.6) is 5.75 Å². The van der Waals surface area contributed by atoms with Crippen molar-refractivity contribution in [2.24, 2.45) is 0 Å². The fourth-order valence-corrected chi connectivity index (χ4v) is 2.21. The Bertz CT molecular complexity index is 594. The average Bonchev–Trinajstić information content (AvgIpc) is 2.41. The Morgan fingerprint density at radius 2 is 1.75 bits per heavy atom. The van der Waals surface area contributed by atoms with Crippen LogP contribution in [0.15, 0.2) is 40.9 Å². The van der Waals surface area contributed by atoms with Gasteiger partial charge < -0.3 is 4.74 Å². The number of rotatable bonds is 4. The van der Waals surface area contributed by atoms with Crippen LogP contribution in [0.4, 0.5) is 8.78 Å². The molecule has 0 N–H and O–H groups in total. The maximum Gasteiger partial charge on any atom is 0.200 e. The highest BCUT2D eigenvalue weighted by atomic mass is 79.9. The first-order valence-corrected chi connectivity index (χ1v) is 7.13. The third kappa shape index (κ3) is 3.57. The number of ether oxygens (including phenoxy) is 1. The standard InChI is InChI=1S/C16H15BrF2O/c1-10(2)12-5-3-11(4-6-12)9-20-15-8-13(17)7-14(18)16(15)19/h3-8,10H,9H2,1-2H3. The predicted molar refractivity (Wildman–Crippen MR) is 78.9 cm³/mol. The maximum absolute atomic E-state index is 13.5. The molecular formula is C16H15BrF2O. The molecule has 0 saturated carbocycles. The van der Waals surface area contributed by atoms with E-state index in [-0.39, 0.29) is 12.4 Å². The second-order valence-corrected chi connectivity index (χ2v) is 5.80. The SMILES string of the molecule is CC(C)c1ccc(COc2cc(Br)cc(F)c2F)cc1. The molecule has 0 aromatic heterocycles. The van der Waals surface area contributed by atoms with Crippen molar-refractivity contribution >= 4 is 15.9 Å². The highest BCUT2D eigenvalue weighted by Gasteiger charge is 2.11. The summed E-state index contributed by atoms with van der Waals surface area (Å²) in [6.07, 6.45) is 0. The van der Waals surface area contributed by atoms with Gasteiger partial charge in [0.05, 0.1) is 0 Å². The van der Waals surface area contributed by atoms with Gasteiger partial charge in [-0.3, -0.25) is 0 Å². The maximum atomic E-state index is 13.5. The summed E-state index contributed by atoms with van der Waals surface area (Å²) in [6.45, 7) is 4.43. The number of halogens is 3. The molecule has 0 aliphatic rings. The number of hydrogen-bond acceptors (Lipinski definition) is 1. The molecule has 0 spiro atoms. The van der Waals surface area contributed by atoms with Crippen LogP contribution in [-0.4, -0.2) is 0 Å². The van der Waals surface area contributed by atoms with E-state index in [1.54, 1.807) is 0 Å². The lowest BCUT2D eigenvalue weighted by atomic mass is 10.0. The summed E-state index contributed by atoms with van der Waals surface area (Å²) >= 11 is 3.11. The van der Waals surface area contributed by atoms with Crippen molar-refractivity contribution in [1.29, 1.82) is 0 Å². The Balaban J connectivity index is 2.09. The third-order valence-corrected chi connectivity index (χ3v) is 3.46. The number of benzene rings is 2. The molecule has 2 aromatic rings. The Labute approximate surface area is 125 Å². The first kappa shape index (κ1) is 15.0. The molecule has 0 atom stereocenters. The average molecular weight is 341 g/mol. The zero-order chi connectivity index (χ0) is 14.7. The second-order valence-electron chi connectivity index (χ2n) is 4.88. The van der Waals surface area contributed by atoms with Crippen LogP contribution in [0.1, 0.15) is 30.9 Å². The normalized spacial score (nSPS) is 10.9. The minimum Gasteiger partial charge on any atom is -0.486 e. The minimum absolute atomic E-state index is 0.0928. The summed E-state index contributed by atoms with van der Waals surface area (Å²) in [7, 11) is 0. The molecule has 0 radical (unpaired) electrons. The molecule has 2 rings (SSSR count). The third-order valence-electron chi connectivity index (χ3n) is 3.00. The van der Waals surface area contributed by atoms with Crippen molar-refractivity contribution in [1.82, 2.24) is 0 Å². The first-order chi connectivity index (χ1) is 9.47. The van der Waals surface area contributed by atoms with E-state index in [1.807, 2.05) is 24.3 Å². The molecule has 1 nitrogen and oxygen atoms in total. The highest BCUT2D eigenvalue weighted by Crippen LogP contribution is 2.26. The quantitative estimate of drug-likeness (QED) is 0.674.